The van der Waals surface area contributed by atoms with Crippen LogP contribution in [0.4, 0.5) is 0 Å². The van der Waals surface area contributed by atoms with E-state index in [9.17, 15) is 0 Å². The minimum Gasteiger partial charge on any atom is -0.0880 e. The van der Waals surface area contributed by atoms with E-state index >= 15 is 0 Å². The largest absolute Gasteiger partial charge is 0.0880 e. The van der Waals surface area contributed by atoms with Gasteiger partial charge >= 0.3 is 0 Å². The van der Waals surface area contributed by atoms with Crippen LogP contribution < -0.4 is 0 Å². The van der Waals surface area contributed by atoms with Crippen LogP contribution in [0.2, 0.25) is 0 Å². The summed E-state index contributed by atoms with van der Waals surface area (Å²) in [6.07, 6.45) is 5.84. The molecule has 0 aromatic carbocycles. The van der Waals surface area contributed by atoms with Gasteiger partial charge in [0.15, 0.2) is 0 Å². The molecule has 0 heterocycles. The van der Waals surface area contributed by atoms with Gasteiger partial charge in [0, 0.05) is 1.37 Å². The van der Waals surface area contributed by atoms with E-state index in [0.717, 1.165) is 5.92 Å². The summed E-state index contributed by atoms with van der Waals surface area (Å²) >= 11 is 0. The molecule has 2 aliphatic rings. The van der Waals surface area contributed by atoms with Gasteiger partial charge in [0.1, 0.15) is 0 Å². The first-order chi connectivity index (χ1) is 3.39. The molecule has 0 N–H and O–H groups in total. The van der Waals surface area contributed by atoms with Crippen LogP contribution in [0.25, 0.3) is 0 Å². The Bertz CT molecular complexity index is 117. The second-order valence-corrected chi connectivity index (χ2v) is 2.10. The summed E-state index contributed by atoms with van der Waals surface area (Å²) in [4.78, 5) is 0. The van der Waals surface area contributed by atoms with Crippen molar-refractivity contribution in [2.45, 2.75) is 12.8 Å². The average molecular weight is 81.1 g/mol. The summed E-state index contributed by atoms with van der Waals surface area (Å²) in [5.41, 5.74) is 0. The first-order valence-electron chi connectivity index (χ1n) is 3.06. The van der Waals surface area contributed by atoms with Crippen LogP contribution in [0.1, 0.15) is 14.2 Å². The number of fused-ring (bicyclic) bond motifs is 1. The van der Waals surface area contributed by atoms with Crippen molar-refractivity contribution in [3.8, 4) is 0 Å². The number of rotatable bonds is 0. The molecule has 0 spiro atoms. The third kappa shape index (κ3) is 0.204. The highest BCUT2D eigenvalue weighted by molar-refractivity contribution is 5.11. The van der Waals surface area contributed by atoms with Crippen LogP contribution in [-0.2, 0) is 0 Å². The van der Waals surface area contributed by atoms with Crippen molar-refractivity contribution < 1.29 is 1.37 Å². The molecule has 1 saturated carbocycles. The Morgan fingerprint density at radius 3 is 3.17 bits per heavy atom. The van der Waals surface area contributed by atoms with Gasteiger partial charge in [-0.2, -0.15) is 0 Å². The van der Waals surface area contributed by atoms with Crippen LogP contribution in [0, 0.1) is 11.8 Å². The maximum atomic E-state index is 7.26. The van der Waals surface area contributed by atoms with E-state index in [4.69, 9.17) is 1.37 Å². The molecular formula is C6H8. The normalized spacial score (nSPS) is 64.0. The average Bonchev–Trinajstić information content (AvgIpc) is 2.26. The fourth-order valence-corrected chi connectivity index (χ4v) is 1.06. The predicted octanol–water partition coefficient (Wildman–Crippen LogP) is 1.58. The molecule has 0 aliphatic heterocycles. The molecule has 0 aromatic heterocycles. The summed E-state index contributed by atoms with van der Waals surface area (Å²) in [6, 6.07) is 0. The molecule has 0 nitrogen and oxygen atoms in total. The Morgan fingerprint density at radius 2 is 2.83 bits per heavy atom. The lowest BCUT2D eigenvalue weighted by Gasteiger charge is -1.72. The van der Waals surface area contributed by atoms with Gasteiger partial charge in [-0.05, 0) is 24.7 Å². The smallest absolute Gasteiger partial charge is 0.0276 e. The van der Waals surface area contributed by atoms with Crippen molar-refractivity contribution in [2.24, 2.45) is 11.8 Å². The minimum absolute atomic E-state index is 0.282. The Labute approximate surface area is 39.3 Å². The molecule has 2 aliphatic carbocycles. The van der Waals surface area contributed by atoms with Gasteiger partial charge in [0.25, 0.3) is 0 Å². The van der Waals surface area contributed by atoms with Crippen molar-refractivity contribution in [2.75, 3.05) is 0 Å². The van der Waals surface area contributed by atoms with E-state index in [1.54, 1.807) is 0 Å². The topological polar surface area (TPSA) is 0 Å². The lowest BCUT2D eigenvalue weighted by Crippen LogP contribution is -1.61. The van der Waals surface area contributed by atoms with Crippen LogP contribution in [0.5, 0.6) is 0 Å². The molecule has 0 unspecified atom stereocenters. The Balaban J connectivity index is 2.18. The Hall–Kier alpha value is -0.260. The minimum atomic E-state index is 0.282. The number of hydrogen-bond acceptors (Lipinski definition) is 0. The Morgan fingerprint density at radius 1 is 1.83 bits per heavy atom. The molecule has 0 heteroatoms. The van der Waals surface area contributed by atoms with Gasteiger partial charge in [0.2, 0.25) is 0 Å². The van der Waals surface area contributed by atoms with Crippen molar-refractivity contribution >= 4 is 0 Å². The zero-order chi connectivity index (χ0) is 4.85. The molecule has 3 atom stereocenters. The SMILES string of the molecule is [2H][C@@H]1[C@H]2C=CC[C@@H]12. The van der Waals surface area contributed by atoms with Gasteiger partial charge in [-0.25, -0.2) is 0 Å². The van der Waals surface area contributed by atoms with E-state index < -0.39 is 0 Å². The zero-order valence-electron chi connectivity index (χ0n) is 4.59. The highest BCUT2D eigenvalue weighted by Crippen LogP contribution is 2.46. The van der Waals surface area contributed by atoms with E-state index in [1.807, 2.05) is 0 Å². The third-order valence-corrected chi connectivity index (χ3v) is 1.59. The van der Waals surface area contributed by atoms with Crippen LogP contribution >= 0.6 is 0 Å². The lowest BCUT2D eigenvalue weighted by atomic mass is 10.3. The van der Waals surface area contributed by atoms with Crippen LogP contribution in [0.3, 0.4) is 0 Å². The second kappa shape index (κ2) is 0.699. The van der Waals surface area contributed by atoms with Crippen LogP contribution in [0.15, 0.2) is 12.2 Å². The monoisotopic (exact) mass is 81.1 g/mol. The van der Waals surface area contributed by atoms with Gasteiger partial charge in [0.05, 0.1) is 0 Å². The molecule has 0 bridgehead atoms. The predicted molar refractivity (Wildman–Crippen MR) is 25.4 cm³/mol. The van der Waals surface area contributed by atoms with E-state index in [-0.39, 0.29) is 6.40 Å². The van der Waals surface area contributed by atoms with Crippen molar-refractivity contribution in [1.29, 1.82) is 0 Å². The van der Waals surface area contributed by atoms with Crippen molar-refractivity contribution in [3.05, 3.63) is 12.2 Å². The number of allylic oxidation sites excluding steroid dienone is 2. The summed E-state index contributed by atoms with van der Waals surface area (Å²) in [7, 11) is 0. The van der Waals surface area contributed by atoms with Gasteiger partial charge in [-0.15, -0.1) is 0 Å². The summed E-state index contributed by atoms with van der Waals surface area (Å²) in [5.74, 6) is 1.40. The van der Waals surface area contributed by atoms with Gasteiger partial charge < -0.3 is 0 Å². The van der Waals surface area contributed by atoms with E-state index in [1.165, 1.54) is 6.42 Å². The second-order valence-electron chi connectivity index (χ2n) is 2.10. The molecular weight excluding hydrogens is 72.1 g/mol. The van der Waals surface area contributed by atoms with Gasteiger partial charge in [-0.3, -0.25) is 0 Å². The third-order valence-electron chi connectivity index (χ3n) is 1.59. The quantitative estimate of drug-likeness (QED) is 0.388. The van der Waals surface area contributed by atoms with E-state index in [0.29, 0.717) is 5.92 Å². The zero-order valence-corrected chi connectivity index (χ0v) is 3.59. The standard InChI is InChI=1S/C6H8/c1-2-5-4-6(5)3-1/h1-2,5-6H,3-4H2/t5-,6+/m1/s1/i4D/t4-,5-,6+. The molecule has 32 valence electrons. The molecule has 6 heavy (non-hydrogen) atoms. The van der Waals surface area contributed by atoms with Crippen LogP contribution in [-0.4, -0.2) is 0 Å². The first kappa shape index (κ1) is 2.15. The molecule has 0 amide bonds. The molecule has 0 radical (unpaired) electrons. The summed E-state index contributed by atoms with van der Waals surface area (Å²) in [5, 5.41) is 0. The van der Waals surface area contributed by atoms with Crippen molar-refractivity contribution in [1.82, 2.24) is 0 Å². The van der Waals surface area contributed by atoms with E-state index in [2.05, 4.69) is 12.2 Å². The highest BCUT2D eigenvalue weighted by Gasteiger charge is 2.36. The Kier molecular flexibility index (Phi) is 0.251. The lowest BCUT2D eigenvalue weighted by molar-refractivity contribution is 0.855. The highest BCUT2D eigenvalue weighted by atomic mass is 14.4. The molecule has 1 fully saturated rings. The maximum absolute atomic E-state index is 7.26. The van der Waals surface area contributed by atoms with Crippen molar-refractivity contribution in [3.63, 3.8) is 0 Å². The number of hydrogen-bond donors (Lipinski definition) is 0. The fraction of sp³-hybridized carbons (Fsp3) is 0.667. The summed E-state index contributed by atoms with van der Waals surface area (Å²) < 4.78 is 7.26. The first-order valence-corrected chi connectivity index (χ1v) is 2.48. The molecule has 2 rings (SSSR count). The van der Waals surface area contributed by atoms with Gasteiger partial charge in [-0.1, -0.05) is 12.2 Å². The maximum Gasteiger partial charge on any atom is 0.0276 e. The molecule has 0 saturated heterocycles. The molecule has 0 aromatic rings. The summed E-state index contributed by atoms with van der Waals surface area (Å²) in [6.45, 7) is 0. The fourth-order valence-electron chi connectivity index (χ4n) is 1.06.